The molecule has 0 heterocycles. The van der Waals surface area contributed by atoms with Gasteiger partial charge in [0.2, 0.25) is 0 Å². The molecular formula is C60H47N. The molecule has 292 valence electrons. The van der Waals surface area contributed by atoms with Crippen molar-refractivity contribution in [3.8, 4) is 44.5 Å². The van der Waals surface area contributed by atoms with Crippen molar-refractivity contribution in [2.24, 2.45) is 0 Å². The third kappa shape index (κ3) is 6.77. The topological polar surface area (TPSA) is 3.24 Å². The molecule has 1 nitrogen and oxygen atoms in total. The first-order valence-corrected chi connectivity index (χ1v) is 22.0. The Kier molecular flexibility index (Phi) is 9.71. The molecule has 0 aliphatic heterocycles. The van der Waals surface area contributed by atoms with E-state index in [4.69, 9.17) is 0 Å². The van der Waals surface area contributed by atoms with Gasteiger partial charge in [-0.15, -0.1) is 0 Å². The van der Waals surface area contributed by atoms with E-state index in [1.165, 1.54) is 114 Å². The summed E-state index contributed by atoms with van der Waals surface area (Å²) in [4.78, 5) is 2.57. The third-order valence-electron chi connectivity index (χ3n) is 13.1. The van der Waals surface area contributed by atoms with Crippen LogP contribution in [-0.4, -0.2) is 0 Å². The van der Waals surface area contributed by atoms with E-state index in [9.17, 15) is 0 Å². The molecule has 0 bridgehead atoms. The number of para-hydroxylation sites is 2. The van der Waals surface area contributed by atoms with Gasteiger partial charge < -0.3 is 4.90 Å². The molecule has 0 spiro atoms. The summed E-state index contributed by atoms with van der Waals surface area (Å²) < 4.78 is 0. The molecule has 0 unspecified atom stereocenters. The van der Waals surface area contributed by atoms with E-state index in [1.54, 1.807) is 0 Å². The Hall–Kier alpha value is -7.22. The van der Waals surface area contributed by atoms with Crippen LogP contribution in [0.3, 0.4) is 0 Å². The number of rotatable bonds is 8. The Morgan fingerprint density at radius 2 is 0.885 bits per heavy atom. The summed E-state index contributed by atoms with van der Waals surface area (Å²) in [6.45, 7) is 0. The maximum Gasteiger partial charge on any atom is 0.0546 e. The Bertz CT molecular complexity index is 3170. The maximum absolute atomic E-state index is 2.57. The minimum absolute atomic E-state index is 0.567. The van der Waals surface area contributed by atoms with E-state index in [2.05, 4.69) is 223 Å². The summed E-state index contributed by atoms with van der Waals surface area (Å²) >= 11 is 0. The lowest BCUT2D eigenvalue weighted by molar-refractivity contribution is 0.445. The third-order valence-corrected chi connectivity index (χ3v) is 13.1. The van der Waals surface area contributed by atoms with Crippen LogP contribution in [0.2, 0.25) is 0 Å². The van der Waals surface area contributed by atoms with Crippen LogP contribution in [-0.2, 0) is 0 Å². The van der Waals surface area contributed by atoms with Gasteiger partial charge in [-0.1, -0.05) is 219 Å². The van der Waals surface area contributed by atoms with Crippen molar-refractivity contribution < 1.29 is 0 Å². The molecule has 0 atom stereocenters. The van der Waals surface area contributed by atoms with E-state index < -0.39 is 0 Å². The van der Waals surface area contributed by atoms with Gasteiger partial charge in [0.25, 0.3) is 0 Å². The molecule has 61 heavy (non-hydrogen) atoms. The Morgan fingerprint density at radius 1 is 0.311 bits per heavy atom. The van der Waals surface area contributed by atoms with Gasteiger partial charge in [0.15, 0.2) is 0 Å². The minimum Gasteiger partial charge on any atom is -0.309 e. The first-order chi connectivity index (χ1) is 30.3. The van der Waals surface area contributed by atoms with E-state index in [1.807, 2.05) is 0 Å². The zero-order valence-corrected chi connectivity index (χ0v) is 34.3. The highest BCUT2D eigenvalue weighted by Gasteiger charge is 2.26. The van der Waals surface area contributed by atoms with Crippen molar-refractivity contribution in [2.45, 2.75) is 38.0 Å². The van der Waals surface area contributed by atoms with Crippen LogP contribution in [0.15, 0.2) is 218 Å². The lowest BCUT2D eigenvalue weighted by Crippen LogP contribution is -2.14. The molecule has 0 N–H and O–H groups in total. The summed E-state index contributed by atoms with van der Waals surface area (Å²) in [5.41, 5.74) is 14.5. The van der Waals surface area contributed by atoms with Gasteiger partial charge in [0.1, 0.15) is 0 Å². The van der Waals surface area contributed by atoms with E-state index in [-0.39, 0.29) is 0 Å². The van der Waals surface area contributed by atoms with Crippen LogP contribution in [0.5, 0.6) is 0 Å². The predicted molar refractivity (Wildman–Crippen MR) is 261 cm³/mol. The van der Waals surface area contributed by atoms with Crippen molar-refractivity contribution in [1.29, 1.82) is 0 Å². The highest BCUT2D eigenvalue weighted by atomic mass is 15.1. The monoisotopic (exact) mass is 781 g/mol. The van der Waals surface area contributed by atoms with E-state index in [0.717, 1.165) is 17.1 Å². The molecule has 1 heteroatoms. The van der Waals surface area contributed by atoms with Crippen LogP contribution in [0, 0.1) is 0 Å². The Morgan fingerprint density at radius 3 is 1.66 bits per heavy atom. The van der Waals surface area contributed by atoms with E-state index >= 15 is 0 Å². The molecule has 10 aromatic rings. The van der Waals surface area contributed by atoms with Gasteiger partial charge in [-0.05, 0) is 103 Å². The first-order valence-electron chi connectivity index (χ1n) is 22.0. The molecule has 10 aromatic carbocycles. The molecule has 11 rings (SSSR count). The Labute approximate surface area is 359 Å². The summed E-state index contributed by atoms with van der Waals surface area (Å²) in [6, 6.07) is 81.0. The van der Waals surface area contributed by atoms with Crippen LogP contribution >= 0.6 is 0 Å². The number of nitrogens with zero attached hydrogens (tertiary/aromatic N) is 1. The van der Waals surface area contributed by atoms with Crippen molar-refractivity contribution in [2.75, 3.05) is 4.90 Å². The lowest BCUT2D eigenvalue weighted by atomic mass is 9.80. The predicted octanol–water partition coefficient (Wildman–Crippen LogP) is 17.3. The van der Waals surface area contributed by atoms with Crippen molar-refractivity contribution in [3.63, 3.8) is 0 Å². The van der Waals surface area contributed by atoms with Gasteiger partial charge >= 0.3 is 0 Å². The lowest BCUT2D eigenvalue weighted by Gasteiger charge is -2.32. The highest BCUT2D eigenvalue weighted by Crippen LogP contribution is 2.51. The molecule has 1 saturated carbocycles. The number of anilines is 3. The van der Waals surface area contributed by atoms with Crippen LogP contribution in [0.1, 0.15) is 43.6 Å². The fourth-order valence-electron chi connectivity index (χ4n) is 10.2. The van der Waals surface area contributed by atoms with Crippen LogP contribution in [0.4, 0.5) is 17.1 Å². The standard InChI is InChI=1S/C60H47N/c1-4-19-42(20-5-1)47-38-39-49(43-21-6-2-7-22-43)59(41-47)61(57-35-14-12-29-54(57)52-33-18-32-51-48-28-11-10-25-45(48)37-40-53(51)52)58-36-15-13-30-55(58)56-34-17-27-46-26-16-31-50(60(46)56)44-23-8-3-9-24-44/h1-2,4-7,10-22,25-41,44H,3,8-9,23-24H2. The van der Waals surface area contributed by atoms with Crippen LogP contribution in [0.25, 0.3) is 76.8 Å². The van der Waals surface area contributed by atoms with Gasteiger partial charge in [-0.25, -0.2) is 0 Å². The molecule has 1 fully saturated rings. The van der Waals surface area contributed by atoms with Gasteiger partial charge in [0.05, 0.1) is 17.1 Å². The van der Waals surface area contributed by atoms with Gasteiger partial charge in [0, 0.05) is 16.7 Å². The minimum atomic E-state index is 0.567. The maximum atomic E-state index is 2.57. The molecule has 1 aliphatic carbocycles. The quantitative estimate of drug-likeness (QED) is 0.139. The molecule has 0 amide bonds. The largest absolute Gasteiger partial charge is 0.309 e. The fraction of sp³-hybridized carbons (Fsp3) is 0.100. The van der Waals surface area contributed by atoms with Gasteiger partial charge in [-0.2, -0.15) is 0 Å². The second-order valence-electron chi connectivity index (χ2n) is 16.6. The first kappa shape index (κ1) is 36.8. The second kappa shape index (κ2) is 16.1. The molecule has 1 aliphatic rings. The molecular weight excluding hydrogens is 735 g/mol. The van der Waals surface area contributed by atoms with Gasteiger partial charge in [-0.3, -0.25) is 0 Å². The normalized spacial score (nSPS) is 13.2. The summed E-state index contributed by atoms with van der Waals surface area (Å²) in [7, 11) is 0. The van der Waals surface area contributed by atoms with E-state index in [0.29, 0.717) is 5.92 Å². The average molecular weight is 782 g/mol. The number of fused-ring (bicyclic) bond motifs is 4. The fourth-order valence-corrected chi connectivity index (χ4v) is 10.2. The number of hydrogen-bond donors (Lipinski definition) is 0. The number of hydrogen-bond acceptors (Lipinski definition) is 1. The van der Waals surface area contributed by atoms with Crippen molar-refractivity contribution in [1.82, 2.24) is 0 Å². The summed E-state index contributed by atoms with van der Waals surface area (Å²) in [6.07, 6.45) is 6.44. The zero-order valence-electron chi connectivity index (χ0n) is 34.3. The zero-order chi connectivity index (χ0) is 40.5. The summed E-state index contributed by atoms with van der Waals surface area (Å²) in [5.74, 6) is 0.567. The van der Waals surface area contributed by atoms with Crippen molar-refractivity contribution in [3.05, 3.63) is 224 Å². The second-order valence-corrected chi connectivity index (χ2v) is 16.6. The molecule has 0 aromatic heterocycles. The van der Waals surface area contributed by atoms with Crippen LogP contribution < -0.4 is 4.90 Å². The Balaban J connectivity index is 1.23. The summed E-state index contributed by atoms with van der Waals surface area (Å²) in [5, 5.41) is 7.73. The average Bonchev–Trinajstić information content (AvgIpc) is 3.34. The molecule has 0 radical (unpaired) electrons. The highest BCUT2D eigenvalue weighted by molar-refractivity contribution is 6.14. The van der Waals surface area contributed by atoms with Crippen molar-refractivity contribution >= 4 is 49.4 Å². The smallest absolute Gasteiger partial charge is 0.0546 e. The SMILES string of the molecule is c1ccc(-c2ccc(-c3ccccc3)c(N(c3ccccc3-c3cccc4c3ccc3ccccc34)c3ccccc3-c3cccc4cccc(C5CCCCC5)c34)c2)cc1. The molecule has 0 saturated heterocycles. The number of benzene rings is 10.